The van der Waals surface area contributed by atoms with Crippen LogP contribution in [0.2, 0.25) is 0 Å². The van der Waals surface area contributed by atoms with Crippen LogP contribution in [-0.2, 0) is 0 Å². The van der Waals surface area contributed by atoms with Gasteiger partial charge in [-0.25, -0.2) is 8.78 Å². The molecular formula is C28H16F2O. The van der Waals surface area contributed by atoms with Crippen LogP contribution >= 0.6 is 0 Å². The first-order valence-electron chi connectivity index (χ1n) is 10.1. The fourth-order valence-corrected chi connectivity index (χ4v) is 4.39. The van der Waals surface area contributed by atoms with Crippen molar-refractivity contribution in [2.24, 2.45) is 0 Å². The van der Waals surface area contributed by atoms with Crippen molar-refractivity contribution in [3.05, 3.63) is 109 Å². The molecule has 1 nitrogen and oxygen atoms in total. The van der Waals surface area contributed by atoms with E-state index in [4.69, 9.17) is 4.42 Å². The van der Waals surface area contributed by atoms with E-state index in [9.17, 15) is 8.78 Å². The van der Waals surface area contributed by atoms with E-state index in [0.717, 1.165) is 49.9 Å². The quantitative estimate of drug-likeness (QED) is 0.282. The molecule has 6 rings (SSSR count). The standard InChI is InChI=1S/C28H16F2O/c29-25-10-5-9-23(28(25)30)21-14-13-18(19-6-1-2-7-20(19)21)17-12-15-27-24(16-17)22-8-3-4-11-26(22)31-27/h1-16H. The summed E-state index contributed by atoms with van der Waals surface area (Å²) in [7, 11) is 0. The number of rotatable bonds is 2. The maximum Gasteiger partial charge on any atom is 0.166 e. The molecule has 148 valence electrons. The van der Waals surface area contributed by atoms with Crippen LogP contribution in [0.4, 0.5) is 8.78 Å². The summed E-state index contributed by atoms with van der Waals surface area (Å²) in [6, 6.07) is 30.1. The Morgan fingerprint density at radius 1 is 0.484 bits per heavy atom. The van der Waals surface area contributed by atoms with Gasteiger partial charge in [0.25, 0.3) is 0 Å². The maximum absolute atomic E-state index is 14.5. The largest absolute Gasteiger partial charge is 0.456 e. The Hall–Kier alpha value is -3.98. The molecule has 0 spiro atoms. The number of fused-ring (bicyclic) bond motifs is 4. The summed E-state index contributed by atoms with van der Waals surface area (Å²) in [5, 5.41) is 3.98. The lowest BCUT2D eigenvalue weighted by atomic mass is 9.91. The third kappa shape index (κ3) is 2.74. The highest BCUT2D eigenvalue weighted by Gasteiger charge is 2.15. The summed E-state index contributed by atoms with van der Waals surface area (Å²) in [5.74, 6) is -1.67. The molecule has 6 aromatic rings. The van der Waals surface area contributed by atoms with Crippen molar-refractivity contribution in [3.63, 3.8) is 0 Å². The molecule has 0 aliphatic carbocycles. The van der Waals surface area contributed by atoms with E-state index in [1.807, 2.05) is 66.7 Å². The number of halogens is 2. The van der Waals surface area contributed by atoms with Crippen molar-refractivity contribution in [1.82, 2.24) is 0 Å². The van der Waals surface area contributed by atoms with Crippen LogP contribution in [0.5, 0.6) is 0 Å². The van der Waals surface area contributed by atoms with Gasteiger partial charge in [0.15, 0.2) is 11.6 Å². The Balaban J connectivity index is 1.61. The maximum atomic E-state index is 14.5. The van der Waals surface area contributed by atoms with Gasteiger partial charge in [-0.15, -0.1) is 0 Å². The minimum Gasteiger partial charge on any atom is -0.456 e. The van der Waals surface area contributed by atoms with Crippen LogP contribution in [-0.4, -0.2) is 0 Å². The number of benzene rings is 5. The molecule has 0 fully saturated rings. The summed E-state index contributed by atoms with van der Waals surface area (Å²) in [4.78, 5) is 0. The SMILES string of the molecule is Fc1cccc(-c2ccc(-c3ccc4oc5ccccc5c4c3)c3ccccc23)c1F. The van der Waals surface area contributed by atoms with E-state index in [-0.39, 0.29) is 5.56 Å². The van der Waals surface area contributed by atoms with E-state index in [1.54, 1.807) is 6.07 Å². The van der Waals surface area contributed by atoms with E-state index < -0.39 is 11.6 Å². The predicted octanol–water partition coefficient (Wildman–Crippen LogP) is 8.35. The Kier molecular flexibility index (Phi) is 3.90. The van der Waals surface area contributed by atoms with E-state index in [2.05, 4.69) is 12.1 Å². The number of hydrogen-bond acceptors (Lipinski definition) is 1. The Morgan fingerprint density at radius 3 is 2.00 bits per heavy atom. The predicted molar refractivity (Wildman–Crippen MR) is 122 cm³/mol. The van der Waals surface area contributed by atoms with Gasteiger partial charge in [-0.2, -0.15) is 0 Å². The van der Waals surface area contributed by atoms with Gasteiger partial charge in [0.2, 0.25) is 0 Å². The van der Waals surface area contributed by atoms with Crippen LogP contribution in [0.3, 0.4) is 0 Å². The lowest BCUT2D eigenvalue weighted by Gasteiger charge is -2.13. The third-order valence-corrected chi connectivity index (χ3v) is 5.85. The van der Waals surface area contributed by atoms with Crippen LogP contribution in [0.25, 0.3) is 55.0 Å². The number of para-hydroxylation sites is 1. The van der Waals surface area contributed by atoms with Crippen molar-refractivity contribution >= 4 is 32.7 Å². The van der Waals surface area contributed by atoms with Crippen molar-refractivity contribution in [2.45, 2.75) is 0 Å². The van der Waals surface area contributed by atoms with E-state index >= 15 is 0 Å². The summed E-state index contributed by atoms with van der Waals surface area (Å²) < 4.78 is 34.4. The van der Waals surface area contributed by atoms with Gasteiger partial charge in [-0.3, -0.25) is 0 Å². The minimum absolute atomic E-state index is 0.263. The zero-order chi connectivity index (χ0) is 20.9. The third-order valence-electron chi connectivity index (χ3n) is 5.85. The first-order chi connectivity index (χ1) is 15.2. The fraction of sp³-hybridized carbons (Fsp3) is 0. The molecule has 3 heteroatoms. The molecule has 0 saturated carbocycles. The number of furan rings is 1. The Morgan fingerprint density at radius 2 is 1.16 bits per heavy atom. The van der Waals surface area contributed by atoms with Crippen molar-refractivity contribution in [2.75, 3.05) is 0 Å². The lowest BCUT2D eigenvalue weighted by molar-refractivity contribution is 0.511. The second-order valence-corrected chi connectivity index (χ2v) is 7.62. The highest BCUT2D eigenvalue weighted by molar-refractivity contribution is 6.09. The molecule has 31 heavy (non-hydrogen) atoms. The molecule has 0 aliphatic rings. The molecule has 1 aromatic heterocycles. The summed E-state index contributed by atoms with van der Waals surface area (Å²) in [6.45, 7) is 0. The average molecular weight is 406 g/mol. The van der Waals surface area contributed by atoms with Gasteiger partial charge >= 0.3 is 0 Å². The smallest absolute Gasteiger partial charge is 0.166 e. The van der Waals surface area contributed by atoms with Gasteiger partial charge in [-0.05, 0) is 51.7 Å². The fourth-order valence-electron chi connectivity index (χ4n) is 4.39. The molecule has 0 atom stereocenters. The van der Waals surface area contributed by atoms with Crippen molar-refractivity contribution < 1.29 is 13.2 Å². The first kappa shape index (κ1) is 17.8. The van der Waals surface area contributed by atoms with Gasteiger partial charge < -0.3 is 4.42 Å². The molecule has 0 bridgehead atoms. The molecule has 0 unspecified atom stereocenters. The second kappa shape index (κ2) is 6.78. The van der Waals surface area contributed by atoms with Gasteiger partial charge in [0, 0.05) is 16.3 Å². The summed E-state index contributed by atoms with van der Waals surface area (Å²) >= 11 is 0. The first-order valence-corrected chi connectivity index (χ1v) is 10.1. The van der Waals surface area contributed by atoms with Crippen LogP contribution < -0.4 is 0 Å². The van der Waals surface area contributed by atoms with Crippen molar-refractivity contribution in [1.29, 1.82) is 0 Å². The van der Waals surface area contributed by atoms with E-state index in [0.29, 0.717) is 5.56 Å². The van der Waals surface area contributed by atoms with Gasteiger partial charge in [-0.1, -0.05) is 72.8 Å². The lowest BCUT2D eigenvalue weighted by Crippen LogP contribution is -1.91. The van der Waals surface area contributed by atoms with Crippen LogP contribution in [0, 0.1) is 11.6 Å². The monoisotopic (exact) mass is 406 g/mol. The minimum atomic E-state index is -0.844. The topological polar surface area (TPSA) is 13.1 Å². The molecule has 0 amide bonds. The zero-order valence-electron chi connectivity index (χ0n) is 16.4. The average Bonchev–Trinajstić information content (AvgIpc) is 3.18. The molecule has 0 aliphatic heterocycles. The molecule has 0 radical (unpaired) electrons. The van der Waals surface area contributed by atoms with Gasteiger partial charge in [0.05, 0.1) is 0 Å². The molecular weight excluding hydrogens is 390 g/mol. The summed E-state index contributed by atoms with van der Waals surface area (Å²) in [5.41, 5.74) is 4.71. The second-order valence-electron chi connectivity index (χ2n) is 7.62. The van der Waals surface area contributed by atoms with Crippen molar-refractivity contribution in [3.8, 4) is 22.3 Å². The van der Waals surface area contributed by atoms with Crippen LogP contribution in [0.1, 0.15) is 0 Å². The normalized spacial score (nSPS) is 11.5. The highest BCUT2D eigenvalue weighted by atomic mass is 19.2. The molecule has 5 aromatic carbocycles. The Labute approximate surface area is 177 Å². The van der Waals surface area contributed by atoms with Gasteiger partial charge in [0.1, 0.15) is 11.2 Å². The van der Waals surface area contributed by atoms with Crippen LogP contribution in [0.15, 0.2) is 101 Å². The molecule has 0 saturated heterocycles. The summed E-state index contributed by atoms with van der Waals surface area (Å²) in [6.07, 6.45) is 0. The Bertz CT molecular complexity index is 1610. The highest BCUT2D eigenvalue weighted by Crippen LogP contribution is 2.39. The molecule has 1 heterocycles. The zero-order valence-corrected chi connectivity index (χ0v) is 16.4. The number of hydrogen-bond donors (Lipinski definition) is 0. The molecule has 0 N–H and O–H groups in total. The van der Waals surface area contributed by atoms with E-state index in [1.165, 1.54) is 6.07 Å².